The largest absolute Gasteiger partial charge is 0.493 e. The first-order valence-electron chi connectivity index (χ1n) is 6.62. The van der Waals surface area contributed by atoms with Crippen LogP contribution in [0.25, 0.3) is 0 Å². The van der Waals surface area contributed by atoms with Crippen molar-refractivity contribution in [2.75, 3.05) is 19.0 Å². The highest BCUT2D eigenvalue weighted by Crippen LogP contribution is 2.29. The van der Waals surface area contributed by atoms with E-state index in [1.54, 1.807) is 25.3 Å². The third-order valence-electron chi connectivity index (χ3n) is 2.94. The maximum absolute atomic E-state index is 6.13. The van der Waals surface area contributed by atoms with Crippen molar-refractivity contribution in [3.8, 4) is 11.5 Å². The van der Waals surface area contributed by atoms with Crippen molar-refractivity contribution in [3.05, 3.63) is 52.0 Å². The number of nitrogens with one attached hydrogen (secondary N) is 1. The predicted molar refractivity (Wildman–Crippen MR) is 88.0 cm³/mol. The summed E-state index contributed by atoms with van der Waals surface area (Å²) in [6.07, 6.45) is 0. The van der Waals surface area contributed by atoms with Gasteiger partial charge in [-0.2, -0.15) is 0 Å². The van der Waals surface area contributed by atoms with Gasteiger partial charge in [0.15, 0.2) is 11.5 Å². The molecule has 1 N–H and O–H groups in total. The standard InChI is InChI=1S/C16H17Cl2NO2/c1-3-21-16-8-11(4-7-15(16)20-2)10-19-14-9-12(17)5-6-13(14)18/h4-9,19H,3,10H2,1-2H3. The van der Waals surface area contributed by atoms with Gasteiger partial charge in [0.1, 0.15) is 0 Å². The van der Waals surface area contributed by atoms with Gasteiger partial charge in [-0.3, -0.25) is 0 Å². The average Bonchev–Trinajstić information content (AvgIpc) is 2.49. The summed E-state index contributed by atoms with van der Waals surface area (Å²) < 4.78 is 10.8. The summed E-state index contributed by atoms with van der Waals surface area (Å²) in [5.41, 5.74) is 1.87. The van der Waals surface area contributed by atoms with Crippen molar-refractivity contribution < 1.29 is 9.47 Å². The monoisotopic (exact) mass is 325 g/mol. The van der Waals surface area contributed by atoms with Crippen LogP contribution in [0.5, 0.6) is 11.5 Å². The van der Waals surface area contributed by atoms with Gasteiger partial charge in [-0.1, -0.05) is 29.3 Å². The van der Waals surface area contributed by atoms with Crippen LogP contribution in [0.2, 0.25) is 10.0 Å². The predicted octanol–water partition coefficient (Wildman–Crippen LogP) is 5.01. The molecule has 2 rings (SSSR count). The van der Waals surface area contributed by atoms with Gasteiger partial charge in [-0.15, -0.1) is 0 Å². The summed E-state index contributed by atoms with van der Waals surface area (Å²) in [5, 5.41) is 4.55. The molecule has 0 saturated heterocycles. The van der Waals surface area contributed by atoms with Crippen molar-refractivity contribution in [2.24, 2.45) is 0 Å². The van der Waals surface area contributed by atoms with Crippen molar-refractivity contribution in [1.82, 2.24) is 0 Å². The Hall–Kier alpha value is -1.58. The number of ether oxygens (including phenoxy) is 2. The van der Waals surface area contributed by atoms with Crippen LogP contribution in [-0.4, -0.2) is 13.7 Å². The molecule has 0 saturated carbocycles. The molecule has 2 aromatic rings. The maximum Gasteiger partial charge on any atom is 0.161 e. The van der Waals surface area contributed by atoms with E-state index in [9.17, 15) is 0 Å². The number of methoxy groups -OCH3 is 1. The maximum atomic E-state index is 6.13. The van der Waals surface area contributed by atoms with Gasteiger partial charge in [-0.05, 0) is 42.8 Å². The van der Waals surface area contributed by atoms with E-state index in [-0.39, 0.29) is 0 Å². The first kappa shape index (κ1) is 15.8. The molecular formula is C16H17Cl2NO2. The SMILES string of the molecule is CCOc1cc(CNc2cc(Cl)ccc2Cl)ccc1OC. The zero-order valence-corrected chi connectivity index (χ0v) is 13.5. The summed E-state index contributed by atoms with van der Waals surface area (Å²) in [4.78, 5) is 0. The Labute approximate surface area is 134 Å². The van der Waals surface area contributed by atoms with Crippen LogP contribution < -0.4 is 14.8 Å². The second kappa shape index (κ2) is 7.43. The summed E-state index contributed by atoms with van der Waals surface area (Å²) in [6, 6.07) is 11.2. The van der Waals surface area contributed by atoms with E-state index < -0.39 is 0 Å². The zero-order chi connectivity index (χ0) is 15.2. The van der Waals surface area contributed by atoms with Gasteiger partial charge in [-0.25, -0.2) is 0 Å². The molecule has 0 radical (unpaired) electrons. The molecule has 0 fully saturated rings. The Morgan fingerprint density at radius 2 is 1.86 bits per heavy atom. The molecule has 0 aliphatic rings. The number of hydrogen-bond acceptors (Lipinski definition) is 3. The quantitative estimate of drug-likeness (QED) is 0.809. The highest BCUT2D eigenvalue weighted by Gasteiger charge is 2.06. The van der Waals surface area contributed by atoms with E-state index in [2.05, 4.69) is 5.32 Å². The first-order chi connectivity index (χ1) is 10.1. The smallest absolute Gasteiger partial charge is 0.161 e. The van der Waals surface area contributed by atoms with Crippen molar-refractivity contribution in [3.63, 3.8) is 0 Å². The molecule has 0 aliphatic heterocycles. The third-order valence-corrected chi connectivity index (χ3v) is 3.50. The third kappa shape index (κ3) is 4.19. The molecule has 0 unspecified atom stereocenters. The Morgan fingerprint density at radius 1 is 1.05 bits per heavy atom. The summed E-state index contributed by atoms with van der Waals surface area (Å²) in [5.74, 6) is 1.46. The van der Waals surface area contributed by atoms with E-state index in [4.69, 9.17) is 32.7 Å². The summed E-state index contributed by atoms with van der Waals surface area (Å²) in [6.45, 7) is 3.15. The first-order valence-corrected chi connectivity index (χ1v) is 7.38. The summed E-state index contributed by atoms with van der Waals surface area (Å²) >= 11 is 12.1. The van der Waals surface area contributed by atoms with Crippen LogP contribution in [0.15, 0.2) is 36.4 Å². The lowest BCUT2D eigenvalue weighted by Crippen LogP contribution is -2.02. The van der Waals surface area contributed by atoms with Crippen LogP contribution in [-0.2, 0) is 6.54 Å². The van der Waals surface area contributed by atoms with Crippen molar-refractivity contribution >= 4 is 28.9 Å². The minimum Gasteiger partial charge on any atom is -0.493 e. The van der Waals surface area contributed by atoms with Crippen molar-refractivity contribution in [2.45, 2.75) is 13.5 Å². The molecule has 0 aliphatic carbocycles. The molecule has 0 amide bonds. The van der Waals surface area contributed by atoms with Gasteiger partial charge < -0.3 is 14.8 Å². The van der Waals surface area contributed by atoms with Crippen LogP contribution in [0.4, 0.5) is 5.69 Å². The van der Waals surface area contributed by atoms with E-state index in [1.165, 1.54) is 0 Å². The zero-order valence-electron chi connectivity index (χ0n) is 12.0. The lowest BCUT2D eigenvalue weighted by molar-refractivity contribution is 0.310. The minimum atomic E-state index is 0.591. The molecule has 21 heavy (non-hydrogen) atoms. The molecule has 112 valence electrons. The molecule has 2 aromatic carbocycles. The normalized spacial score (nSPS) is 10.3. The topological polar surface area (TPSA) is 30.5 Å². The van der Waals surface area contributed by atoms with E-state index in [0.717, 1.165) is 22.7 Å². The number of benzene rings is 2. The lowest BCUT2D eigenvalue weighted by atomic mass is 10.2. The van der Waals surface area contributed by atoms with Crippen LogP contribution in [0.1, 0.15) is 12.5 Å². The number of hydrogen-bond donors (Lipinski definition) is 1. The fraction of sp³-hybridized carbons (Fsp3) is 0.250. The fourth-order valence-corrected chi connectivity index (χ4v) is 2.29. The Morgan fingerprint density at radius 3 is 2.57 bits per heavy atom. The van der Waals surface area contributed by atoms with Crippen LogP contribution in [0, 0.1) is 0 Å². The molecule has 0 spiro atoms. The van der Waals surface area contributed by atoms with E-state index in [0.29, 0.717) is 23.2 Å². The highest BCUT2D eigenvalue weighted by molar-refractivity contribution is 6.35. The Balaban J connectivity index is 2.12. The molecule has 0 atom stereocenters. The minimum absolute atomic E-state index is 0.591. The van der Waals surface area contributed by atoms with Gasteiger partial charge in [0.25, 0.3) is 0 Å². The lowest BCUT2D eigenvalue weighted by Gasteiger charge is -2.13. The Kier molecular flexibility index (Phi) is 5.59. The second-order valence-electron chi connectivity index (χ2n) is 4.40. The van der Waals surface area contributed by atoms with Gasteiger partial charge in [0.2, 0.25) is 0 Å². The van der Waals surface area contributed by atoms with E-state index >= 15 is 0 Å². The van der Waals surface area contributed by atoms with Gasteiger partial charge in [0.05, 0.1) is 24.4 Å². The van der Waals surface area contributed by atoms with Gasteiger partial charge in [0, 0.05) is 11.6 Å². The molecule has 0 aromatic heterocycles. The van der Waals surface area contributed by atoms with E-state index in [1.807, 2.05) is 25.1 Å². The molecule has 5 heteroatoms. The highest BCUT2D eigenvalue weighted by atomic mass is 35.5. The van der Waals surface area contributed by atoms with Crippen molar-refractivity contribution in [1.29, 1.82) is 0 Å². The molecule has 3 nitrogen and oxygen atoms in total. The molecular weight excluding hydrogens is 309 g/mol. The van der Waals surface area contributed by atoms with Crippen LogP contribution in [0.3, 0.4) is 0 Å². The number of anilines is 1. The number of halogens is 2. The number of rotatable bonds is 6. The Bertz CT molecular complexity index is 617. The second-order valence-corrected chi connectivity index (χ2v) is 5.24. The molecule has 0 heterocycles. The van der Waals surface area contributed by atoms with Gasteiger partial charge >= 0.3 is 0 Å². The van der Waals surface area contributed by atoms with Crippen LogP contribution >= 0.6 is 23.2 Å². The summed E-state index contributed by atoms with van der Waals surface area (Å²) in [7, 11) is 1.63. The molecule has 0 bridgehead atoms. The fourth-order valence-electron chi connectivity index (χ4n) is 1.93. The average molecular weight is 326 g/mol.